The molecule has 1 aliphatic heterocycles. The quantitative estimate of drug-likeness (QED) is 0.456. The van der Waals surface area contributed by atoms with Crippen LogP contribution in [0, 0.1) is 6.92 Å². The van der Waals surface area contributed by atoms with Crippen molar-refractivity contribution in [2.45, 2.75) is 37.4 Å². The van der Waals surface area contributed by atoms with Gasteiger partial charge < -0.3 is 4.74 Å². The van der Waals surface area contributed by atoms with Gasteiger partial charge in [0, 0.05) is 17.4 Å². The van der Waals surface area contributed by atoms with Gasteiger partial charge >= 0.3 is 0 Å². The third-order valence-electron chi connectivity index (χ3n) is 4.90. The van der Waals surface area contributed by atoms with E-state index < -0.39 is 0 Å². The standard InChI is InChI=1S/C21H21ClN2O2S/c1-14-17(22)9-6-11-19(14)24-20(25)16-8-2-3-10-18(16)23-21(24)27-13-15-7-4-5-12-26-15/h2-3,6,8-11,15H,4-5,7,12-13H2,1H3/t15-/m0/s1. The second-order valence-electron chi connectivity index (χ2n) is 6.74. The van der Waals surface area contributed by atoms with E-state index in [1.807, 2.05) is 49.4 Å². The first kappa shape index (κ1) is 18.5. The van der Waals surface area contributed by atoms with Crippen molar-refractivity contribution in [2.75, 3.05) is 12.4 Å². The van der Waals surface area contributed by atoms with Gasteiger partial charge in [0.25, 0.3) is 5.56 Å². The second kappa shape index (κ2) is 8.05. The van der Waals surface area contributed by atoms with E-state index in [1.54, 1.807) is 16.3 Å². The van der Waals surface area contributed by atoms with Crippen molar-refractivity contribution in [1.29, 1.82) is 0 Å². The molecule has 0 unspecified atom stereocenters. The Hall–Kier alpha value is -1.82. The Morgan fingerprint density at radius 2 is 2.07 bits per heavy atom. The first-order valence-electron chi connectivity index (χ1n) is 9.17. The summed E-state index contributed by atoms with van der Waals surface area (Å²) in [4.78, 5) is 18.1. The first-order valence-corrected chi connectivity index (χ1v) is 10.5. The lowest BCUT2D eigenvalue weighted by Crippen LogP contribution is -2.25. The van der Waals surface area contributed by atoms with Gasteiger partial charge in [0.15, 0.2) is 5.16 Å². The summed E-state index contributed by atoms with van der Waals surface area (Å²) in [6.45, 7) is 2.74. The van der Waals surface area contributed by atoms with Crippen LogP contribution in [-0.4, -0.2) is 28.0 Å². The van der Waals surface area contributed by atoms with Crippen molar-refractivity contribution in [1.82, 2.24) is 9.55 Å². The van der Waals surface area contributed by atoms with Crippen LogP contribution >= 0.6 is 23.4 Å². The predicted octanol–water partition coefficient (Wildman–Crippen LogP) is 5.01. The molecule has 1 atom stereocenters. The average molecular weight is 401 g/mol. The van der Waals surface area contributed by atoms with Crippen molar-refractivity contribution in [3.05, 3.63) is 63.4 Å². The number of thioether (sulfide) groups is 1. The Bertz CT molecular complexity index is 1030. The van der Waals surface area contributed by atoms with Crippen molar-refractivity contribution in [3.63, 3.8) is 0 Å². The summed E-state index contributed by atoms with van der Waals surface area (Å²) in [5.74, 6) is 0.782. The van der Waals surface area contributed by atoms with Gasteiger partial charge in [-0.05, 0) is 56.0 Å². The van der Waals surface area contributed by atoms with Gasteiger partial charge in [-0.3, -0.25) is 9.36 Å². The van der Waals surface area contributed by atoms with Crippen molar-refractivity contribution < 1.29 is 4.74 Å². The Morgan fingerprint density at radius 3 is 2.89 bits per heavy atom. The van der Waals surface area contributed by atoms with E-state index in [-0.39, 0.29) is 11.7 Å². The third kappa shape index (κ3) is 3.77. The van der Waals surface area contributed by atoms with Crippen LogP contribution in [0.2, 0.25) is 5.02 Å². The topological polar surface area (TPSA) is 44.1 Å². The van der Waals surface area contributed by atoms with E-state index in [0.29, 0.717) is 21.1 Å². The lowest BCUT2D eigenvalue weighted by molar-refractivity contribution is 0.0315. The smallest absolute Gasteiger partial charge is 0.266 e. The van der Waals surface area contributed by atoms with Gasteiger partial charge in [0.05, 0.1) is 22.7 Å². The highest BCUT2D eigenvalue weighted by atomic mass is 35.5. The monoisotopic (exact) mass is 400 g/mol. The largest absolute Gasteiger partial charge is 0.377 e. The number of para-hydroxylation sites is 1. The van der Waals surface area contributed by atoms with Gasteiger partial charge in [-0.1, -0.05) is 41.6 Å². The zero-order valence-corrected chi connectivity index (χ0v) is 16.7. The maximum atomic E-state index is 13.3. The van der Waals surface area contributed by atoms with Crippen molar-refractivity contribution in [3.8, 4) is 5.69 Å². The minimum atomic E-state index is -0.0713. The van der Waals surface area contributed by atoms with E-state index in [0.717, 1.165) is 36.5 Å². The maximum Gasteiger partial charge on any atom is 0.266 e. The van der Waals surface area contributed by atoms with Crippen LogP contribution in [0.15, 0.2) is 52.4 Å². The van der Waals surface area contributed by atoms with Gasteiger partial charge in [0.2, 0.25) is 0 Å². The van der Waals surface area contributed by atoms with Gasteiger partial charge in [0.1, 0.15) is 0 Å². The molecule has 0 saturated carbocycles. The number of halogens is 1. The number of nitrogens with zero attached hydrogens (tertiary/aromatic N) is 2. The molecule has 1 saturated heterocycles. The number of ether oxygens (including phenoxy) is 1. The number of hydrogen-bond donors (Lipinski definition) is 0. The van der Waals surface area contributed by atoms with Gasteiger partial charge in [-0.25, -0.2) is 4.98 Å². The molecule has 0 aliphatic carbocycles. The Morgan fingerprint density at radius 1 is 1.22 bits per heavy atom. The van der Waals surface area contributed by atoms with Gasteiger partial charge in [-0.15, -0.1) is 0 Å². The van der Waals surface area contributed by atoms with E-state index in [4.69, 9.17) is 21.3 Å². The van der Waals surface area contributed by atoms with Crippen LogP contribution in [0.5, 0.6) is 0 Å². The lowest BCUT2D eigenvalue weighted by Gasteiger charge is -2.22. The highest BCUT2D eigenvalue weighted by molar-refractivity contribution is 7.99. The molecular formula is C21H21ClN2O2S. The summed E-state index contributed by atoms with van der Waals surface area (Å²) in [7, 11) is 0. The van der Waals surface area contributed by atoms with E-state index in [2.05, 4.69) is 0 Å². The summed E-state index contributed by atoms with van der Waals surface area (Å²) in [6.07, 6.45) is 3.58. The molecule has 6 heteroatoms. The van der Waals surface area contributed by atoms with Crippen LogP contribution in [0.1, 0.15) is 24.8 Å². The Balaban J connectivity index is 1.82. The molecule has 0 amide bonds. The number of benzene rings is 2. The zero-order valence-electron chi connectivity index (χ0n) is 15.2. The van der Waals surface area contributed by atoms with Crippen LogP contribution in [0.25, 0.3) is 16.6 Å². The molecule has 2 aromatic carbocycles. The molecule has 1 aliphatic rings. The fourth-order valence-electron chi connectivity index (χ4n) is 3.37. The minimum Gasteiger partial charge on any atom is -0.377 e. The molecule has 2 heterocycles. The molecule has 1 fully saturated rings. The molecule has 4 nitrogen and oxygen atoms in total. The maximum absolute atomic E-state index is 13.3. The first-order chi connectivity index (χ1) is 13.1. The summed E-state index contributed by atoms with van der Waals surface area (Å²) in [5.41, 5.74) is 2.29. The average Bonchev–Trinajstić information content (AvgIpc) is 2.70. The minimum absolute atomic E-state index is 0.0713. The predicted molar refractivity (Wildman–Crippen MR) is 111 cm³/mol. The third-order valence-corrected chi connectivity index (χ3v) is 6.38. The molecule has 1 aromatic heterocycles. The summed E-state index contributed by atoms with van der Waals surface area (Å²) < 4.78 is 7.54. The summed E-state index contributed by atoms with van der Waals surface area (Å²) >= 11 is 7.90. The Kier molecular flexibility index (Phi) is 5.53. The molecule has 27 heavy (non-hydrogen) atoms. The van der Waals surface area contributed by atoms with E-state index >= 15 is 0 Å². The number of aromatic nitrogens is 2. The van der Waals surface area contributed by atoms with E-state index in [9.17, 15) is 4.79 Å². The van der Waals surface area contributed by atoms with Crippen LogP contribution in [-0.2, 0) is 4.74 Å². The molecule has 0 spiro atoms. The second-order valence-corrected chi connectivity index (χ2v) is 8.13. The molecule has 0 radical (unpaired) electrons. The normalized spacial score (nSPS) is 17.3. The number of hydrogen-bond acceptors (Lipinski definition) is 4. The van der Waals surface area contributed by atoms with Crippen LogP contribution in [0.4, 0.5) is 0 Å². The Labute approximate surface area is 167 Å². The van der Waals surface area contributed by atoms with Gasteiger partial charge in [-0.2, -0.15) is 0 Å². The lowest BCUT2D eigenvalue weighted by atomic mass is 10.1. The van der Waals surface area contributed by atoms with E-state index in [1.165, 1.54) is 6.42 Å². The molecule has 0 bridgehead atoms. The highest BCUT2D eigenvalue weighted by Gasteiger charge is 2.19. The van der Waals surface area contributed by atoms with Crippen LogP contribution < -0.4 is 5.56 Å². The molecule has 0 N–H and O–H groups in total. The zero-order chi connectivity index (χ0) is 18.8. The SMILES string of the molecule is Cc1c(Cl)cccc1-n1c(SC[C@@H]2CCCCO2)nc2ccccc2c1=O. The van der Waals surface area contributed by atoms with Crippen LogP contribution in [0.3, 0.4) is 0 Å². The molecule has 140 valence electrons. The number of rotatable bonds is 4. The summed E-state index contributed by atoms with van der Waals surface area (Å²) in [5, 5.41) is 1.92. The fourth-order valence-corrected chi connectivity index (χ4v) is 4.61. The molecule has 3 aromatic rings. The fraction of sp³-hybridized carbons (Fsp3) is 0.333. The summed E-state index contributed by atoms with van der Waals surface area (Å²) in [6, 6.07) is 13.1. The van der Waals surface area contributed by atoms with Crippen molar-refractivity contribution >= 4 is 34.3 Å². The highest BCUT2D eigenvalue weighted by Crippen LogP contribution is 2.28. The molecule has 4 rings (SSSR count). The molecular weight excluding hydrogens is 380 g/mol. The number of fused-ring (bicyclic) bond motifs is 1. The van der Waals surface area contributed by atoms with Crippen molar-refractivity contribution in [2.24, 2.45) is 0 Å².